The van der Waals surface area contributed by atoms with Crippen molar-refractivity contribution in [3.8, 4) is 5.75 Å². The molecule has 0 saturated heterocycles. The van der Waals surface area contributed by atoms with Crippen LogP contribution in [-0.2, 0) is 4.79 Å². The van der Waals surface area contributed by atoms with E-state index in [1.165, 1.54) is 0 Å². The summed E-state index contributed by atoms with van der Waals surface area (Å²) < 4.78 is 5.25. The molecule has 18 heavy (non-hydrogen) atoms. The summed E-state index contributed by atoms with van der Waals surface area (Å²) in [6.07, 6.45) is 1.03. The zero-order valence-electron chi connectivity index (χ0n) is 11.2. The third-order valence-electron chi connectivity index (χ3n) is 3.74. The molecule has 0 radical (unpaired) electrons. The van der Waals surface area contributed by atoms with Crippen molar-refractivity contribution in [1.29, 1.82) is 0 Å². The maximum atomic E-state index is 11.5. The molecule has 2 unspecified atom stereocenters. The summed E-state index contributed by atoms with van der Waals surface area (Å²) in [5, 5.41) is 0.668. The van der Waals surface area contributed by atoms with Crippen molar-refractivity contribution < 1.29 is 9.53 Å². The van der Waals surface area contributed by atoms with Crippen LogP contribution in [0.2, 0.25) is 5.02 Å². The number of hydrogen-bond donors (Lipinski definition) is 0. The van der Waals surface area contributed by atoms with Crippen molar-refractivity contribution in [3.05, 3.63) is 22.7 Å². The molecule has 2 rings (SSSR count). The average molecular weight is 268 g/mol. The zero-order valence-corrected chi connectivity index (χ0v) is 11.9. The van der Waals surface area contributed by atoms with Gasteiger partial charge in [0.1, 0.15) is 5.75 Å². The monoisotopic (exact) mass is 267 g/mol. The summed E-state index contributed by atoms with van der Waals surface area (Å²) in [6, 6.07) is 4.10. The normalized spacial score (nSPS) is 19.4. The Labute approximate surface area is 113 Å². The number of anilines is 1. The molecular formula is C14H18ClNO2. The Morgan fingerprint density at radius 2 is 2.17 bits per heavy atom. The lowest BCUT2D eigenvalue weighted by molar-refractivity contribution is -0.133. The van der Waals surface area contributed by atoms with E-state index in [1.807, 2.05) is 26.1 Å². The molecule has 1 aromatic rings. The fraction of sp³-hybridized carbons (Fsp3) is 0.500. The van der Waals surface area contributed by atoms with Crippen molar-refractivity contribution in [2.75, 3.05) is 11.9 Å². The van der Waals surface area contributed by atoms with Gasteiger partial charge in [-0.25, -0.2) is 0 Å². The van der Waals surface area contributed by atoms with Crippen LogP contribution in [0, 0.1) is 0 Å². The lowest BCUT2D eigenvalue weighted by atomic mass is 10.0. The first kappa shape index (κ1) is 13.2. The van der Waals surface area contributed by atoms with Crippen molar-refractivity contribution in [2.24, 2.45) is 0 Å². The lowest BCUT2D eigenvalue weighted by Gasteiger charge is -2.27. The minimum Gasteiger partial charge on any atom is -0.426 e. The third kappa shape index (κ3) is 2.07. The minimum absolute atomic E-state index is 0.204. The van der Waals surface area contributed by atoms with Crippen molar-refractivity contribution in [2.45, 2.75) is 39.2 Å². The molecule has 0 amide bonds. The highest BCUT2D eigenvalue weighted by atomic mass is 35.5. The van der Waals surface area contributed by atoms with Gasteiger partial charge in [-0.3, -0.25) is 4.79 Å². The first-order chi connectivity index (χ1) is 8.45. The number of hydrogen-bond acceptors (Lipinski definition) is 3. The Morgan fingerprint density at radius 3 is 2.78 bits per heavy atom. The molecule has 0 spiro atoms. The Hall–Kier alpha value is -1.22. The van der Waals surface area contributed by atoms with Gasteiger partial charge in [0, 0.05) is 24.7 Å². The molecule has 0 bridgehead atoms. The SMILES string of the molecule is CCC(C)N(C)c1cc2c(cc1Cl)C(C)C(=O)O2. The number of fused-ring (bicyclic) bond motifs is 1. The van der Waals surface area contributed by atoms with Crippen LogP contribution in [0.4, 0.5) is 5.69 Å². The molecule has 3 nitrogen and oxygen atoms in total. The maximum Gasteiger partial charge on any atom is 0.318 e. The number of esters is 1. The molecule has 4 heteroatoms. The van der Waals surface area contributed by atoms with E-state index in [4.69, 9.17) is 16.3 Å². The number of rotatable bonds is 3. The number of nitrogens with zero attached hydrogens (tertiary/aromatic N) is 1. The summed E-state index contributed by atoms with van der Waals surface area (Å²) in [5.41, 5.74) is 1.79. The smallest absolute Gasteiger partial charge is 0.318 e. The standard InChI is InChI=1S/C14H18ClNO2/c1-5-8(2)16(4)12-7-13-10(6-11(12)15)9(3)14(17)18-13/h6-9H,5H2,1-4H3. The maximum absolute atomic E-state index is 11.5. The van der Waals surface area contributed by atoms with E-state index in [9.17, 15) is 4.79 Å². The van der Waals surface area contributed by atoms with Gasteiger partial charge >= 0.3 is 5.97 Å². The molecule has 0 aliphatic carbocycles. The van der Waals surface area contributed by atoms with Crippen LogP contribution < -0.4 is 9.64 Å². The largest absolute Gasteiger partial charge is 0.426 e. The number of carbonyl (C=O) groups is 1. The predicted octanol–water partition coefficient (Wildman–Crippen LogP) is 3.60. The quantitative estimate of drug-likeness (QED) is 0.619. The third-order valence-corrected chi connectivity index (χ3v) is 4.04. The number of halogens is 1. The van der Waals surface area contributed by atoms with Crippen LogP contribution in [0.1, 0.15) is 38.7 Å². The van der Waals surface area contributed by atoms with E-state index in [0.29, 0.717) is 16.8 Å². The fourth-order valence-electron chi connectivity index (χ4n) is 2.09. The number of carbonyl (C=O) groups excluding carboxylic acids is 1. The molecule has 1 aromatic carbocycles. The Morgan fingerprint density at radius 1 is 1.50 bits per heavy atom. The van der Waals surface area contributed by atoms with Crippen molar-refractivity contribution in [1.82, 2.24) is 0 Å². The van der Waals surface area contributed by atoms with Gasteiger partial charge in [0.15, 0.2) is 0 Å². The molecule has 0 N–H and O–H groups in total. The molecule has 2 atom stereocenters. The molecule has 1 aliphatic rings. The molecule has 0 saturated carbocycles. The molecule has 0 aromatic heterocycles. The van der Waals surface area contributed by atoms with Gasteiger partial charge in [-0.1, -0.05) is 18.5 Å². The number of benzene rings is 1. The Bertz CT molecular complexity index is 487. The predicted molar refractivity (Wildman–Crippen MR) is 73.7 cm³/mol. The second-order valence-corrected chi connectivity index (χ2v) is 5.26. The topological polar surface area (TPSA) is 29.5 Å². The highest BCUT2D eigenvalue weighted by molar-refractivity contribution is 6.33. The Balaban J connectivity index is 2.41. The average Bonchev–Trinajstić information content (AvgIpc) is 2.63. The molecule has 0 fully saturated rings. The van der Waals surface area contributed by atoms with Crippen LogP contribution in [-0.4, -0.2) is 19.1 Å². The fourth-order valence-corrected chi connectivity index (χ4v) is 2.40. The first-order valence-electron chi connectivity index (χ1n) is 6.23. The summed E-state index contributed by atoms with van der Waals surface area (Å²) in [5.74, 6) is 0.215. The van der Waals surface area contributed by atoms with E-state index in [2.05, 4.69) is 18.7 Å². The van der Waals surface area contributed by atoms with E-state index in [-0.39, 0.29) is 11.9 Å². The van der Waals surface area contributed by atoms with Gasteiger partial charge in [0.2, 0.25) is 0 Å². The van der Waals surface area contributed by atoms with Crippen molar-refractivity contribution >= 4 is 23.3 Å². The molecule has 98 valence electrons. The van der Waals surface area contributed by atoms with E-state index in [0.717, 1.165) is 17.7 Å². The summed E-state index contributed by atoms with van der Waals surface area (Å²) in [4.78, 5) is 13.6. The van der Waals surface area contributed by atoms with Gasteiger partial charge in [-0.05, 0) is 26.3 Å². The van der Waals surface area contributed by atoms with Gasteiger partial charge < -0.3 is 9.64 Å². The summed E-state index contributed by atoms with van der Waals surface area (Å²) >= 11 is 6.31. The second kappa shape index (κ2) is 4.81. The highest BCUT2D eigenvalue weighted by Gasteiger charge is 2.31. The molecule has 1 aliphatic heterocycles. The van der Waals surface area contributed by atoms with Gasteiger partial charge in [0.05, 0.1) is 16.6 Å². The van der Waals surface area contributed by atoms with Gasteiger partial charge in [-0.2, -0.15) is 0 Å². The van der Waals surface area contributed by atoms with E-state index in [1.54, 1.807) is 0 Å². The lowest BCUT2D eigenvalue weighted by Crippen LogP contribution is -2.28. The summed E-state index contributed by atoms with van der Waals surface area (Å²) in [7, 11) is 2.00. The first-order valence-corrected chi connectivity index (χ1v) is 6.61. The highest BCUT2D eigenvalue weighted by Crippen LogP contribution is 2.41. The zero-order chi connectivity index (χ0) is 13.4. The molecular weight excluding hydrogens is 250 g/mol. The van der Waals surface area contributed by atoms with Crippen LogP contribution in [0.3, 0.4) is 0 Å². The van der Waals surface area contributed by atoms with Gasteiger partial charge in [0.25, 0.3) is 0 Å². The summed E-state index contributed by atoms with van der Waals surface area (Å²) in [6.45, 7) is 6.10. The minimum atomic E-state index is -0.222. The van der Waals surface area contributed by atoms with E-state index >= 15 is 0 Å². The van der Waals surface area contributed by atoms with Crippen molar-refractivity contribution in [3.63, 3.8) is 0 Å². The van der Waals surface area contributed by atoms with E-state index < -0.39 is 0 Å². The second-order valence-electron chi connectivity index (χ2n) is 4.85. The van der Waals surface area contributed by atoms with Crippen LogP contribution in [0.5, 0.6) is 5.75 Å². The van der Waals surface area contributed by atoms with Crippen LogP contribution in [0.15, 0.2) is 12.1 Å². The molecule has 1 heterocycles. The van der Waals surface area contributed by atoms with Crippen LogP contribution >= 0.6 is 11.6 Å². The Kier molecular flexibility index (Phi) is 3.53. The van der Waals surface area contributed by atoms with Gasteiger partial charge in [-0.15, -0.1) is 0 Å². The van der Waals surface area contributed by atoms with Crippen LogP contribution in [0.25, 0.3) is 0 Å². The number of ether oxygens (including phenoxy) is 1.